The van der Waals surface area contributed by atoms with Gasteiger partial charge in [-0.3, -0.25) is 0 Å². The summed E-state index contributed by atoms with van der Waals surface area (Å²) < 4.78 is 0. The largest absolute Gasteiger partial charge is 0.399 e. The summed E-state index contributed by atoms with van der Waals surface area (Å²) in [6.07, 6.45) is 0.919. The van der Waals surface area contributed by atoms with Crippen LogP contribution < -0.4 is 11.5 Å². The Morgan fingerprint density at radius 3 is 1.88 bits per heavy atom. The van der Waals surface area contributed by atoms with E-state index in [2.05, 4.69) is 38.1 Å². The number of rotatable bonds is 2. The molecule has 0 bridgehead atoms. The smallest absolute Gasteiger partial charge is 0.0373 e. The first-order valence-corrected chi connectivity index (χ1v) is 5.76. The molecular weight excluding hydrogens is 208 g/mol. The summed E-state index contributed by atoms with van der Waals surface area (Å²) in [5.74, 6) is 0. The number of nitrogens with two attached hydrogens (primary N) is 2. The summed E-state index contributed by atoms with van der Waals surface area (Å²) in [4.78, 5) is 0. The van der Waals surface area contributed by atoms with Gasteiger partial charge in [0, 0.05) is 11.4 Å². The van der Waals surface area contributed by atoms with Gasteiger partial charge in [-0.05, 0) is 54.7 Å². The van der Waals surface area contributed by atoms with Gasteiger partial charge in [0.05, 0.1) is 0 Å². The van der Waals surface area contributed by atoms with Gasteiger partial charge in [0.25, 0.3) is 0 Å². The predicted molar refractivity (Wildman–Crippen MR) is 74.0 cm³/mol. The molecule has 4 N–H and O–H groups in total. The Morgan fingerprint density at radius 1 is 0.824 bits per heavy atom. The second kappa shape index (κ2) is 4.50. The van der Waals surface area contributed by atoms with Crippen LogP contribution in [-0.2, 0) is 6.42 Å². The number of anilines is 2. The van der Waals surface area contributed by atoms with Crippen LogP contribution in [0.3, 0.4) is 0 Å². The Balaban J connectivity index is 2.27. The molecule has 2 nitrogen and oxygen atoms in total. The normalized spacial score (nSPS) is 10.5. The van der Waals surface area contributed by atoms with Crippen molar-refractivity contribution in [2.45, 2.75) is 20.3 Å². The Bertz CT molecular complexity index is 504. The minimum Gasteiger partial charge on any atom is -0.399 e. The maximum Gasteiger partial charge on any atom is 0.0373 e. The van der Waals surface area contributed by atoms with Crippen LogP contribution in [0.15, 0.2) is 36.4 Å². The molecule has 0 heterocycles. The van der Waals surface area contributed by atoms with Crippen LogP contribution in [0.5, 0.6) is 0 Å². The highest BCUT2D eigenvalue weighted by molar-refractivity contribution is 5.55. The first-order valence-electron chi connectivity index (χ1n) is 5.76. The van der Waals surface area contributed by atoms with Gasteiger partial charge in [0.1, 0.15) is 0 Å². The van der Waals surface area contributed by atoms with E-state index in [0.717, 1.165) is 28.9 Å². The van der Waals surface area contributed by atoms with Crippen molar-refractivity contribution in [3.05, 3.63) is 58.7 Å². The summed E-state index contributed by atoms with van der Waals surface area (Å²) in [5, 5.41) is 0. The van der Waals surface area contributed by atoms with Crippen LogP contribution in [0.25, 0.3) is 0 Å². The average molecular weight is 226 g/mol. The van der Waals surface area contributed by atoms with Crippen LogP contribution in [0.2, 0.25) is 0 Å². The third kappa shape index (κ3) is 2.59. The molecule has 88 valence electrons. The highest BCUT2D eigenvalue weighted by atomic mass is 14.6. The molecule has 2 aromatic carbocycles. The van der Waals surface area contributed by atoms with Gasteiger partial charge in [-0.15, -0.1) is 0 Å². The van der Waals surface area contributed by atoms with Crippen molar-refractivity contribution in [3.63, 3.8) is 0 Å². The molecule has 0 saturated heterocycles. The topological polar surface area (TPSA) is 52.0 Å². The van der Waals surface area contributed by atoms with Crippen molar-refractivity contribution in [1.29, 1.82) is 0 Å². The van der Waals surface area contributed by atoms with Gasteiger partial charge in [-0.2, -0.15) is 0 Å². The fourth-order valence-electron chi connectivity index (χ4n) is 2.04. The molecule has 0 amide bonds. The molecule has 2 rings (SSSR count). The monoisotopic (exact) mass is 226 g/mol. The summed E-state index contributed by atoms with van der Waals surface area (Å²) in [7, 11) is 0. The van der Waals surface area contributed by atoms with Gasteiger partial charge >= 0.3 is 0 Å². The van der Waals surface area contributed by atoms with Gasteiger partial charge in [0.15, 0.2) is 0 Å². The van der Waals surface area contributed by atoms with Gasteiger partial charge < -0.3 is 11.5 Å². The molecule has 0 aromatic heterocycles. The minimum absolute atomic E-state index is 0.804. The van der Waals surface area contributed by atoms with Crippen molar-refractivity contribution in [1.82, 2.24) is 0 Å². The molecule has 0 unspecified atom stereocenters. The Morgan fingerprint density at radius 2 is 1.35 bits per heavy atom. The number of nitrogen functional groups attached to an aromatic ring is 2. The van der Waals surface area contributed by atoms with E-state index in [1.165, 1.54) is 11.1 Å². The van der Waals surface area contributed by atoms with E-state index >= 15 is 0 Å². The summed E-state index contributed by atoms with van der Waals surface area (Å²) >= 11 is 0. The van der Waals surface area contributed by atoms with E-state index in [9.17, 15) is 0 Å². The number of benzene rings is 2. The minimum atomic E-state index is 0.804. The first-order chi connectivity index (χ1) is 8.06. The second-order valence-corrected chi connectivity index (χ2v) is 4.56. The van der Waals surface area contributed by atoms with Crippen LogP contribution in [0, 0.1) is 13.8 Å². The van der Waals surface area contributed by atoms with Crippen LogP contribution in [0.1, 0.15) is 22.3 Å². The highest BCUT2D eigenvalue weighted by Crippen LogP contribution is 2.21. The van der Waals surface area contributed by atoms with E-state index in [4.69, 9.17) is 11.5 Å². The number of aryl methyl sites for hydroxylation is 2. The molecule has 2 aromatic rings. The lowest BCUT2D eigenvalue weighted by atomic mass is 9.99. The fraction of sp³-hybridized carbons (Fsp3) is 0.200. The first kappa shape index (κ1) is 11.5. The van der Waals surface area contributed by atoms with Crippen molar-refractivity contribution in [2.75, 3.05) is 11.5 Å². The van der Waals surface area contributed by atoms with E-state index in [0.29, 0.717) is 0 Å². The second-order valence-electron chi connectivity index (χ2n) is 4.56. The molecule has 0 saturated carbocycles. The molecule has 17 heavy (non-hydrogen) atoms. The third-order valence-corrected chi connectivity index (χ3v) is 3.04. The van der Waals surface area contributed by atoms with E-state index in [1.807, 2.05) is 12.1 Å². The van der Waals surface area contributed by atoms with Gasteiger partial charge in [-0.25, -0.2) is 0 Å². The standard InChI is InChI=1S/C15H18N2/c1-10-7-13(8-11(2)15(10)17)9-12-3-5-14(16)6-4-12/h3-8H,9,16-17H2,1-2H3. The van der Waals surface area contributed by atoms with E-state index in [1.54, 1.807) is 0 Å². The molecule has 0 aliphatic carbocycles. The lowest BCUT2D eigenvalue weighted by Crippen LogP contribution is -1.97. The molecule has 0 spiro atoms. The quantitative estimate of drug-likeness (QED) is 0.773. The molecule has 0 aliphatic heterocycles. The zero-order valence-electron chi connectivity index (χ0n) is 10.3. The Kier molecular flexibility index (Phi) is 3.05. The van der Waals surface area contributed by atoms with Crippen molar-refractivity contribution >= 4 is 11.4 Å². The predicted octanol–water partition coefficient (Wildman–Crippen LogP) is 3.06. The summed E-state index contributed by atoms with van der Waals surface area (Å²) in [6.45, 7) is 4.10. The van der Waals surface area contributed by atoms with Crippen LogP contribution in [0.4, 0.5) is 11.4 Å². The van der Waals surface area contributed by atoms with Crippen LogP contribution in [-0.4, -0.2) is 0 Å². The fourth-order valence-corrected chi connectivity index (χ4v) is 2.04. The average Bonchev–Trinajstić information content (AvgIpc) is 2.29. The van der Waals surface area contributed by atoms with E-state index in [-0.39, 0.29) is 0 Å². The maximum atomic E-state index is 5.95. The number of hydrogen-bond donors (Lipinski definition) is 2. The maximum absolute atomic E-state index is 5.95. The molecule has 0 atom stereocenters. The lowest BCUT2D eigenvalue weighted by molar-refractivity contribution is 1.17. The number of hydrogen-bond acceptors (Lipinski definition) is 2. The van der Waals surface area contributed by atoms with Crippen LogP contribution >= 0.6 is 0 Å². The molecule has 2 heteroatoms. The van der Waals surface area contributed by atoms with Gasteiger partial charge in [-0.1, -0.05) is 24.3 Å². The molecule has 0 aliphatic rings. The molecule has 0 radical (unpaired) electrons. The highest BCUT2D eigenvalue weighted by Gasteiger charge is 2.02. The SMILES string of the molecule is Cc1cc(Cc2ccc(N)cc2)cc(C)c1N. The lowest BCUT2D eigenvalue weighted by Gasteiger charge is -2.09. The van der Waals surface area contributed by atoms with Crippen molar-refractivity contribution < 1.29 is 0 Å². The summed E-state index contributed by atoms with van der Waals surface area (Å²) in [5.41, 5.74) is 18.2. The molecular formula is C15H18N2. The van der Waals surface area contributed by atoms with Crippen molar-refractivity contribution in [2.24, 2.45) is 0 Å². The Labute approximate surface area is 102 Å². The zero-order chi connectivity index (χ0) is 12.4. The van der Waals surface area contributed by atoms with E-state index < -0.39 is 0 Å². The third-order valence-electron chi connectivity index (χ3n) is 3.04. The van der Waals surface area contributed by atoms with Crippen molar-refractivity contribution in [3.8, 4) is 0 Å². The zero-order valence-corrected chi connectivity index (χ0v) is 10.3. The molecule has 0 fully saturated rings. The summed E-state index contributed by atoms with van der Waals surface area (Å²) in [6, 6.07) is 12.3. The Hall–Kier alpha value is -1.96. The van der Waals surface area contributed by atoms with Gasteiger partial charge in [0.2, 0.25) is 0 Å².